The third-order valence-electron chi connectivity index (χ3n) is 5.48. The first-order valence-corrected chi connectivity index (χ1v) is 10.0. The van der Waals surface area contributed by atoms with Crippen molar-refractivity contribution < 1.29 is 18.7 Å². The molecule has 1 aromatic heterocycles. The van der Waals surface area contributed by atoms with Crippen molar-refractivity contribution in [2.75, 3.05) is 11.4 Å². The Hall–Kier alpha value is -3.41. The second-order valence-electron chi connectivity index (χ2n) is 7.59. The first-order valence-electron chi connectivity index (χ1n) is 10.0. The molecule has 0 saturated carbocycles. The van der Waals surface area contributed by atoms with Crippen LogP contribution < -0.4 is 10.5 Å². The summed E-state index contributed by atoms with van der Waals surface area (Å²) in [6.45, 7) is 4.20. The van der Waals surface area contributed by atoms with Gasteiger partial charge in [0.2, 0.25) is 5.91 Å². The maximum atomic E-state index is 12.7. The number of esters is 1. The Morgan fingerprint density at radius 3 is 2.73 bits per heavy atom. The lowest BCUT2D eigenvalue weighted by Gasteiger charge is -2.19. The van der Waals surface area contributed by atoms with E-state index in [2.05, 4.69) is 0 Å². The zero-order valence-electron chi connectivity index (χ0n) is 17.0. The van der Waals surface area contributed by atoms with Gasteiger partial charge in [-0.1, -0.05) is 37.3 Å². The number of amides is 1. The van der Waals surface area contributed by atoms with E-state index < -0.39 is 17.5 Å². The highest BCUT2D eigenvalue weighted by molar-refractivity contribution is 6.00. The monoisotopic (exact) mass is 405 g/mol. The molecule has 0 N–H and O–H groups in total. The summed E-state index contributed by atoms with van der Waals surface area (Å²) < 4.78 is 10.7. The van der Waals surface area contributed by atoms with Crippen LogP contribution >= 0.6 is 0 Å². The van der Waals surface area contributed by atoms with Crippen molar-refractivity contribution in [3.63, 3.8) is 0 Å². The first-order chi connectivity index (χ1) is 14.5. The van der Waals surface area contributed by atoms with Crippen molar-refractivity contribution >= 4 is 28.5 Å². The number of carbonyl (C=O) groups is 2. The van der Waals surface area contributed by atoms with Crippen LogP contribution in [0.5, 0.6) is 0 Å². The second kappa shape index (κ2) is 8.14. The summed E-state index contributed by atoms with van der Waals surface area (Å²) in [7, 11) is 0. The van der Waals surface area contributed by atoms with Gasteiger partial charge in [0, 0.05) is 35.7 Å². The van der Waals surface area contributed by atoms with Crippen molar-refractivity contribution in [1.82, 2.24) is 0 Å². The maximum Gasteiger partial charge on any atom is 0.336 e. The molecular weight excluding hydrogens is 382 g/mol. The summed E-state index contributed by atoms with van der Waals surface area (Å²) in [5, 5.41) is 0.731. The number of hydrogen-bond acceptors (Lipinski definition) is 5. The Morgan fingerprint density at radius 1 is 1.13 bits per heavy atom. The molecular formula is C24H23NO5. The average Bonchev–Trinajstić information content (AvgIpc) is 3.12. The van der Waals surface area contributed by atoms with Crippen LogP contribution in [0.4, 0.5) is 5.69 Å². The molecule has 0 radical (unpaired) electrons. The fraction of sp³-hybridized carbons (Fsp3) is 0.292. The highest BCUT2D eigenvalue weighted by Gasteiger charge is 2.36. The molecule has 4 rings (SSSR count). The molecule has 30 heavy (non-hydrogen) atoms. The number of rotatable bonds is 5. The number of nitrogens with zero attached hydrogens (tertiary/aromatic N) is 1. The molecule has 2 heterocycles. The van der Waals surface area contributed by atoms with E-state index in [0.717, 1.165) is 28.6 Å². The molecule has 1 aliphatic heterocycles. The Bertz CT molecular complexity index is 1180. The SMILES string of the molecule is CCc1ccccc1N1C[C@@H](C(=O)OCc2cc(=O)oc3cc(C)ccc23)CC1=O. The summed E-state index contributed by atoms with van der Waals surface area (Å²) in [6, 6.07) is 14.6. The van der Waals surface area contributed by atoms with Gasteiger partial charge in [0.1, 0.15) is 12.2 Å². The molecule has 1 amide bonds. The number of hydrogen-bond donors (Lipinski definition) is 0. The van der Waals surface area contributed by atoms with Gasteiger partial charge in [0.05, 0.1) is 5.92 Å². The number of fused-ring (bicyclic) bond motifs is 1. The summed E-state index contributed by atoms with van der Waals surface area (Å²) in [5.74, 6) is -1.05. The fourth-order valence-electron chi connectivity index (χ4n) is 3.89. The molecule has 0 bridgehead atoms. The summed E-state index contributed by atoms with van der Waals surface area (Å²) in [4.78, 5) is 38.7. The largest absolute Gasteiger partial charge is 0.461 e. The van der Waals surface area contributed by atoms with Gasteiger partial charge in [-0.3, -0.25) is 9.59 Å². The minimum atomic E-state index is -0.531. The molecule has 1 atom stereocenters. The van der Waals surface area contributed by atoms with Crippen LogP contribution in [0, 0.1) is 12.8 Å². The van der Waals surface area contributed by atoms with E-state index in [1.165, 1.54) is 6.07 Å². The number of para-hydroxylation sites is 1. The minimum Gasteiger partial charge on any atom is -0.461 e. The summed E-state index contributed by atoms with van der Waals surface area (Å²) in [5.41, 5.74) is 3.45. The Kier molecular flexibility index (Phi) is 5.40. The van der Waals surface area contributed by atoms with E-state index >= 15 is 0 Å². The van der Waals surface area contributed by atoms with Gasteiger partial charge in [0.15, 0.2) is 0 Å². The van der Waals surface area contributed by atoms with Crippen LogP contribution in [0.2, 0.25) is 0 Å². The van der Waals surface area contributed by atoms with Gasteiger partial charge in [-0.05, 0) is 36.6 Å². The second-order valence-corrected chi connectivity index (χ2v) is 7.59. The molecule has 0 spiro atoms. The molecule has 1 fully saturated rings. The van der Waals surface area contributed by atoms with Crippen LogP contribution in [0.15, 0.2) is 57.7 Å². The van der Waals surface area contributed by atoms with E-state index in [4.69, 9.17) is 9.15 Å². The summed E-state index contributed by atoms with van der Waals surface area (Å²) >= 11 is 0. The number of ether oxygens (including phenoxy) is 1. The standard InChI is InChI=1S/C24H23NO5/c1-3-16-6-4-5-7-20(16)25-13-17(11-22(25)26)24(28)29-14-18-12-23(27)30-21-10-15(2)8-9-19(18)21/h4-10,12,17H,3,11,13-14H2,1-2H3/t17-/m0/s1. The molecule has 1 saturated heterocycles. The van der Waals surface area contributed by atoms with Crippen molar-refractivity contribution in [2.45, 2.75) is 33.3 Å². The van der Waals surface area contributed by atoms with E-state index in [-0.39, 0.29) is 18.9 Å². The summed E-state index contributed by atoms with van der Waals surface area (Å²) in [6.07, 6.45) is 0.923. The molecule has 0 aliphatic carbocycles. The van der Waals surface area contributed by atoms with Crippen LogP contribution in [-0.4, -0.2) is 18.4 Å². The normalized spacial score (nSPS) is 16.3. The lowest BCUT2D eigenvalue weighted by Crippen LogP contribution is -2.27. The van der Waals surface area contributed by atoms with Gasteiger partial charge in [-0.2, -0.15) is 0 Å². The molecule has 1 aliphatic rings. The highest BCUT2D eigenvalue weighted by Crippen LogP contribution is 2.29. The average molecular weight is 405 g/mol. The van der Waals surface area contributed by atoms with Gasteiger partial charge >= 0.3 is 11.6 Å². The minimum absolute atomic E-state index is 0.0414. The molecule has 2 aromatic carbocycles. The van der Waals surface area contributed by atoms with Gasteiger partial charge in [-0.15, -0.1) is 0 Å². The van der Waals surface area contributed by atoms with Crippen LogP contribution in [0.1, 0.15) is 30.0 Å². The van der Waals surface area contributed by atoms with Crippen molar-refractivity contribution in [2.24, 2.45) is 5.92 Å². The smallest absolute Gasteiger partial charge is 0.336 e. The fourth-order valence-corrected chi connectivity index (χ4v) is 3.89. The van der Waals surface area contributed by atoms with Gasteiger partial charge in [0.25, 0.3) is 0 Å². The Labute approximate surface area is 174 Å². The molecule has 0 unspecified atom stereocenters. The molecule has 6 nitrogen and oxygen atoms in total. The van der Waals surface area contributed by atoms with E-state index in [1.807, 2.05) is 50.2 Å². The maximum absolute atomic E-state index is 12.7. The topological polar surface area (TPSA) is 76.8 Å². The lowest BCUT2D eigenvalue weighted by atomic mass is 10.1. The van der Waals surface area contributed by atoms with Crippen LogP contribution in [0.3, 0.4) is 0 Å². The quantitative estimate of drug-likeness (QED) is 0.477. The number of anilines is 1. The van der Waals surface area contributed by atoms with Gasteiger partial charge in [-0.25, -0.2) is 4.79 Å². The number of carbonyl (C=O) groups excluding carboxylic acids is 2. The van der Waals surface area contributed by atoms with E-state index in [0.29, 0.717) is 17.7 Å². The van der Waals surface area contributed by atoms with E-state index in [9.17, 15) is 14.4 Å². The van der Waals surface area contributed by atoms with Gasteiger partial charge < -0.3 is 14.1 Å². The Balaban J connectivity index is 1.49. The third kappa shape index (κ3) is 3.85. The molecule has 3 aromatic rings. The predicted octanol–water partition coefficient (Wildman–Crippen LogP) is 3.76. The predicted molar refractivity (Wildman–Crippen MR) is 113 cm³/mol. The number of aryl methyl sites for hydroxylation is 2. The van der Waals surface area contributed by atoms with Crippen LogP contribution in [-0.2, 0) is 27.4 Å². The molecule has 154 valence electrons. The highest BCUT2D eigenvalue weighted by atomic mass is 16.5. The lowest BCUT2D eigenvalue weighted by molar-refractivity contribution is -0.149. The first kappa shape index (κ1) is 19.9. The van der Waals surface area contributed by atoms with E-state index in [1.54, 1.807) is 11.0 Å². The zero-order valence-corrected chi connectivity index (χ0v) is 17.0. The van der Waals surface area contributed by atoms with Crippen molar-refractivity contribution in [3.8, 4) is 0 Å². The number of benzene rings is 2. The van der Waals surface area contributed by atoms with Crippen LogP contribution in [0.25, 0.3) is 11.0 Å². The van der Waals surface area contributed by atoms with Crippen molar-refractivity contribution in [1.29, 1.82) is 0 Å². The zero-order chi connectivity index (χ0) is 21.3. The Morgan fingerprint density at radius 2 is 1.93 bits per heavy atom. The molecule has 6 heteroatoms. The third-order valence-corrected chi connectivity index (χ3v) is 5.48. The van der Waals surface area contributed by atoms with Crippen molar-refractivity contribution in [3.05, 3.63) is 75.6 Å².